The number of aromatic nitrogens is 3. The molecule has 3 heterocycles. The largest absolute Gasteiger partial charge is 0.397 e. The van der Waals surface area contributed by atoms with Gasteiger partial charge in [-0.15, -0.1) is 0 Å². The van der Waals surface area contributed by atoms with Crippen LogP contribution < -0.4 is 5.73 Å². The molecule has 0 amide bonds. The van der Waals surface area contributed by atoms with Crippen molar-refractivity contribution < 1.29 is 0 Å². The Hall–Kier alpha value is -2.36. The van der Waals surface area contributed by atoms with Crippen LogP contribution in [0.15, 0.2) is 42.9 Å². The molecule has 0 radical (unpaired) electrons. The van der Waals surface area contributed by atoms with Crippen LogP contribution in [0.25, 0.3) is 17.0 Å². The van der Waals surface area contributed by atoms with Gasteiger partial charge in [0.15, 0.2) is 0 Å². The van der Waals surface area contributed by atoms with Gasteiger partial charge in [0, 0.05) is 12.4 Å². The lowest BCUT2D eigenvalue weighted by Crippen LogP contribution is -1.97. The van der Waals surface area contributed by atoms with Crippen LogP contribution >= 0.6 is 0 Å². The molecule has 4 nitrogen and oxygen atoms in total. The van der Waals surface area contributed by atoms with E-state index in [4.69, 9.17) is 5.73 Å². The number of hydrogen-bond acceptors (Lipinski definition) is 3. The zero-order chi connectivity index (χ0) is 11.8. The van der Waals surface area contributed by atoms with Crippen molar-refractivity contribution in [2.75, 3.05) is 5.73 Å². The Morgan fingerprint density at radius 2 is 2.12 bits per heavy atom. The average molecular weight is 224 g/mol. The third-order valence-corrected chi connectivity index (χ3v) is 2.77. The summed E-state index contributed by atoms with van der Waals surface area (Å²) in [7, 11) is 0. The van der Waals surface area contributed by atoms with Crippen LogP contribution in [0.3, 0.4) is 0 Å². The number of anilines is 1. The molecular formula is C13H12N4. The van der Waals surface area contributed by atoms with Crippen molar-refractivity contribution in [1.82, 2.24) is 14.4 Å². The predicted octanol–water partition coefficient (Wildman–Crippen LogP) is 2.29. The van der Waals surface area contributed by atoms with E-state index >= 15 is 0 Å². The minimum Gasteiger partial charge on any atom is -0.397 e. The van der Waals surface area contributed by atoms with E-state index in [1.165, 1.54) is 0 Å². The molecule has 0 aliphatic rings. The van der Waals surface area contributed by atoms with E-state index < -0.39 is 0 Å². The van der Waals surface area contributed by atoms with E-state index in [-0.39, 0.29) is 0 Å². The standard InChI is InChI=1S/C13H12N4/c1-9-7-10(14)8-16-13(9)11-3-2-4-12-15-5-6-17(11)12/h2-8H,14H2,1H3. The van der Waals surface area contributed by atoms with Gasteiger partial charge < -0.3 is 5.73 Å². The molecule has 2 N–H and O–H groups in total. The lowest BCUT2D eigenvalue weighted by atomic mass is 10.1. The summed E-state index contributed by atoms with van der Waals surface area (Å²) in [5, 5.41) is 0. The van der Waals surface area contributed by atoms with Gasteiger partial charge in [0.25, 0.3) is 0 Å². The predicted molar refractivity (Wildman–Crippen MR) is 67.6 cm³/mol. The average Bonchev–Trinajstić information content (AvgIpc) is 2.77. The second-order valence-corrected chi connectivity index (χ2v) is 4.00. The van der Waals surface area contributed by atoms with Crippen LogP contribution in [-0.4, -0.2) is 14.4 Å². The molecule has 17 heavy (non-hydrogen) atoms. The Morgan fingerprint density at radius 1 is 1.24 bits per heavy atom. The minimum atomic E-state index is 0.684. The van der Waals surface area contributed by atoms with E-state index in [0.29, 0.717) is 5.69 Å². The molecule has 0 saturated carbocycles. The number of nitrogen functional groups attached to an aromatic ring is 1. The Balaban J connectivity index is 2.30. The monoisotopic (exact) mass is 224 g/mol. The Morgan fingerprint density at radius 3 is 2.94 bits per heavy atom. The lowest BCUT2D eigenvalue weighted by Gasteiger charge is -2.08. The molecule has 0 bridgehead atoms. The maximum atomic E-state index is 5.72. The number of hydrogen-bond donors (Lipinski definition) is 1. The zero-order valence-corrected chi connectivity index (χ0v) is 9.46. The fourth-order valence-electron chi connectivity index (χ4n) is 2.01. The number of aryl methyl sites for hydroxylation is 1. The number of rotatable bonds is 1. The molecule has 0 aliphatic carbocycles. The lowest BCUT2D eigenvalue weighted by molar-refractivity contribution is 1.15. The zero-order valence-electron chi connectivity index (χ0n) is 9.46. The smallest absolute Gasteiger partial charge is 0.137 e. The molecule has 4 heteroatoms. The summed E-state index contributed by atoms with van der Waals surface area (Å²) in [6.07, 6.45) is 5.39. The number of nitrogens with zero attached hydrogens (tertiary/aromatic N) is 3. The van der Waals surface area contributed by atoms with Gasteiger partial charge in [-0.2, -0.15) is 0 Å². The van der Waals surface area contributed by atoms with Crippen LogP contribution in [-0.2, 0) is 0 Å². The first-order valence-corrected chi connectivity index (χ1v) is 5.40. The van der Waals surface area contributed by atoms with Crippen molar-refractivity contribution in [3.63, 3.8) is 0 Å². The highest BCUT2D eigenvalue weighted by Gasteiger charge is 2.07. The molecule has 0 spiro atoms. The number of imidazole rings is 1. The third kappa shape index (κ3) is 1.54. The first-order valence-electron chi connectivity index (χ1n) is 5.40. The minimum absolute atomic E-state index is 0.684. The number of pyridine rings is 2. The van der Waals surface area contributed by atoms with Crippen LogP contribution in [0.4, 0.5) is 5.69 Å². The van der Waals surface area contributed by atoms with E-state index in [1.807, 2.05) is 41.8 Å². The summed E-state index contributed by atoms with van der Waals surface area (Å²) >= 11 is 0. The van der Waals surface area contributed by atoms with E-state index in [2.05, 4.69) is 9.97 Å². The van der Waals surface area contributed by atoms with Gasteiger partial charge in [-0.05, 0) is 30.7 Å². The van der Waals surface area contributed by atoms with Gasteiger partial charge in [-0.1, -0.05) is 6.07 Å². The van der Waals surface area contributed by atoms with Crippen molar-refractivity contribution in [3.8, 4) is 11.4 Å². The van der Waals surface area contributed by atoms with Gasteiger partial charge in [-0.25, -0.2) is 4.98 Å². The summed E-state index contributed by atoms with van der Waals surface area (Å²) in [4.78, 5) is 8.67. The second-order valence-electron chi connectivity index (χ2n) is 4.00. The SMILES string of the molecule is Cc1cc(N)cnc1-c1cccc2nccn12. The van der Waals surface area contributed by atoms with Crippen molar-refractivity contribution in [2.45, 2.75) is 6.92 Å². The molecule has 3 aromatic rings. The summed E-state index contributed by atoms with van der Waals surface area (Å²) in [5.74, 6) is 0. The van der Waals surface area contributed by atoms with Gasteiger partial charge in [-0.3, -0.25) is 9.38 Å². The maximum absolute atomic E-state index is 5.72. The van der Waals surface area contributed by atoms with Gasteiger partial charge in [0.1, 0.15) is 5.65 Å². The fourth-order valence-corrected chi connectivity index (χ4v) is 2.01. The molecule has 3 aromatic heterocycles. The fraction of sp³-hybridized carbons (Fsp3) is 0.0769. The highest BCUT2D eigenvalue weighted by Crippen LogP contribution is 2.22. The molecule has 0 aromatic carbocycles. The Bertz CT molecular complexity index is 685. The van der Waals surface area contributed by atoms with Crippen molar-refractivity contribution >= 4 is 11.3 Å². The van der Waals surface area contributed by atoms with E-state index in [0.717, 1.165) is 22.6 Å². The highest BCUT2D eigenvalue weighted by molar-refractivity contribution is 5.64. The maximum Gasteiger partial charge on any atom is 0.137 e. The van der Waals surface area contributed by atoms with Crippen molar-refractivity contribution in [1.29, 1.82) is 0 Å². The number of nitrogens with two attached hydrogens (primary N) is 1. The molecule has 84 valence electrons. The van der Waals surface area contributed by atoms with Gasteiger partial charge in [0.2, 0.25) is 0 Å². The molecular weight excluding hydrogens is 212 g/mol. The van der Waals surface area contributed by atoms with Crippen LogP contribution in [0.5, 0.6) is 0 Å². The van der Waals surface area contributed by atoms with Crippen molar-refractivity contribution in [2.24, 2.45) is 0 Å². The highest BCUT2D eigenvalue weighted by atomic mass is 15.0. The quantitative estimate of drug-likeness (QED) is 0.690. The van der Waals surface area contributed by atoms with Crippen LogP contribution in [0.2, 0.25) is 0 Å². The molecule has 3 rings (SSSR count). The molecule has 0 aliphatic heterocycles. The third-order valence-electron chi connectivity index (χ3n) is 2.77. The molecule has 0 atom stereocenters. The first-order chi connectivity index (χ1) is 8.25. The summed E-state index contributed by atoms with van der Waals surface area (Å²) in [6, 6.07) is 7.91. The van der Waals surface area contributed by atoms with E-state index in [1.54, 1.807) is 12.4 Å². The molecule has 0 unspecified atom stereocenters. The van der Waals surface area contributed by atoms with Gasteiger partial charge in [0.05, 0.1) is 23.3 Å². The van der Waals surface area contributed by atoms with Crippen LogP contribution in [0, 0.1) is 6.92 Å². The summed E-state index contributed by atoms with van der Waals surface area (Å²) in [5.41, 5.74) is 10.3. The first kappa shape index (κ1) is 9.84. The Kier molecular flexibility index (Phi) is 2.08. The Labute approximate surface area is 98.8 Å². The number of fused-ring (bicyclic) bond motifs is 1. The topological polar surface area (TPSA) is 56.2 Å². The summed E-state index contributed by atoms with van der Waals surface area (Å²) in [6.45, 7) is 2.01. The molecule has 0 fully saturated rings. The van der Waals surface area contributed by atoms with Crippen molar-refractivity contribution in [3.05, 3.63) is 48.4 Å². The van der Waals surface area contributed by atoms with Crippen LogP contribution in [0.1, 0.15) is 5.56 Å². The summed E-state index contributed by atoms with van der Waals surface area (Å²) < 4.78 is 2.02. The second kappa shape index (κ2) is 3.59. The van der Waals surface area contributed by atoms with Gasteiger partial charge >= 0.3 is 0 Å². The van der Waals surface area contributed by atoms with E-state index in [9.17, 15) is 0 Å². The normalized spacial score (nSPS) is 10.9. The molecule has 0 saturated heterocycles.